The van der Waals surface area contributed by atoms with E-state index in [0.29, 0.717) is 13.1 Å². The van der Waals surface area contributed by atoms with Gasteiger partial charge in [-0.25, -0.2) is 0 Å². The molecule has 2 heterocycles. The number of rotatable bonds is 4. The standard InChI is InChI=1S/C16H16BrN3O2/c1-2-16(22)20-8-13(9-20)18-15(21)10-19-6-5-11-7-12(17)3-4-14(11)19/h2-7,13H,1,8-10H2,(H,18,21). The number of carbonyl (C=O) groups is 2. The SMILES string of the molecule is C=CC(=O)N1CC(NC(=O)Cn2ccc3cc(Br)ccc32)C1. The molecule has 0 unspecified atom stereocenters. The highest BCUT2D eigenvalue weighted by atomic mass is 79.9. The minimum atomic E-state index is -0.0903. The Balaban J connectivity index is 1.58. The summed E-state index contributed by atoms with van der Waals surface area (Å²) in [5, 5.41) is 4.03. The number of aromatic nitrogens is 1. The molecule has 1 N–H and O–H groups in total. The second-order valence-corrected chi connectivity index (χ2v) is 6.27. The molecular weight excluding hydrogens is 346 g/mol. The minimum absolute atomic E-state index is 0.0346. The second kappa shape index (κ2) is 5.96. The summed E-state index contributed by atoms with van der Waals surface area (Å²) >= 11 is 3.44. The molecule has 2 aromatic rings. The number of halogens is 1. The number of likely N-dealkylation sites (tertiary alicyclic amines) is 1. The van der Waals surface area contributed by atoms with Crippen LogP contribution >= 0.6 is 15.9 Å². The molecule has 2 amide bonds. The van der Waals surface area contributed by atoms with Crippen LogP contribution in [0.4, 0.5) is 0 Å². The number of hydrogen-bond donors (Lipinski definition) is 1. The Kier molecular flexibility index (Phi) is 4.02. The van der Waals surface area contributed by atoms with E-state index < -0.39 is 0 Å². The van der Waals surface area contributed by atoms with Crippen LogP contribution in [0.3, 0.4) is 0 Å². The largest absolute Gasteiger partial charge is 0.348 e. The molecule has 1 aromatic heterocycles. The van der Waals surface area contributed by atoms with Gasteiger partial charge < -0.3 is 14.8 Å². The van der Waals surface area contributed by atoms with Gasteiger partial charge in [0.1, 0.15) is 6.54 Å². The molecule has 1 aliphatic rings. The van der Waals surface area contributed by atoms with E-state index in [1.54, 1.807) is 4.90 Å². The number of fused-ring (bicyclic) bond motifs is 1. The molecule has 22 heavy (non-hydrogen) atoms. The summed E-state index contributed by atoms with van der Waals surface area (Å²) < 4.78 is 2.94. The first-order valence-electron chi connectivity index (χ1n) is 7.02. The maximum atomic E-state index is 12.1. The molecule has 1 saturated heterocycles. The van der Waals surface area contributed by atoms with Crippen molar-refractivity contribution in [3.8, 4) is 0 Å². The fourth-order valence-electron chi connectivity index (χ4n) is 2.62. The van der Waals surface area contributed by atoms with Crippen molar-refractivity contribution in [1.29, 1.82) is 0 Å². The van der Waals surface area contributed by atoms with Gasteiger partial charge in [-0.3, -0.25) is 9.59 Å². The normalized spacial score (nSPS) is 14.7. The van der Waals surface area contributed by atoms with Gasteiger partial charge in [-0.1, -0.05) is 22.5 Å². The summed E-state index contributed by atoms with van der Waals surface area (Å²) in [6.07, 6.45) is 3.20. The zero-order valence-electron chi connectivity index (χ0n) is 12.0. The van der Waals surface area contributed by atoms with E-state index in [2.05, 4.69) is 27.8 Å². The van der Waals surface area contributed by atoms with Crippen LogP contribution in [-0.4, -0.2) is 40.4 Å². The third-order valence-electron chi connectivity index (χ3n) is 3.78. The van der Waals surface area contributed by atoms with Crippen LogP contribution in [0.15, 0.2) is 47.6 Å². The number of nitrogens with one attached hydrogen (secondary N) is 1. The minimum Gasteiger partial charge on any atom is -0.348 e. The van der Waals surface area contributed by atoms with E-state index in [-0.39, 0.29) is 24.4 Å². The lowest BCUT2D eigenvalue weighted by atomic mass is 10.1. The third-order valence-corrected chi connectivity index (χ3v) is 4.27. The van der Waals surface area contributed by atoms with Crippen molar-refractivity contribution in [2.24, 2.45) is 0 Å². The first-order chi connectivity index (χ1) is 10.6. The van der Waals surface area contributed by atoms with Gasteiger partial charge in [-0.15, -0.1) is 0 Å². The van der Waals surface area contributed by atoms with E-state index in [1.807, 2.05) is 35.0 Å². The predicted molar refractivity (Wildman–Crippen MR) is 88.3 cm³/mol. The molecule has 6 heteroatoms. The summed E-state index contributed by atoms with van der Waals surface area (Å²) in [6, 6.07) is 7.99. The maximum Gasteiger partial charge on any atom is 0.246 e. The van der Waals surface area contributed by atoms with Crippen molar-refractivity contribution in [3.05, 3.63) is 47.6 Å². The van der Waals surface area contributed by atoms with Gasteiger partial charge in [0.15, 0.2) is 0 Å². The maximum absolute atomic E-state index is 12.1. The van der Waals surface area contributed by atoms with Crippen molar-refractivity contribution in [2.45, 2.75) is 12.6 Å². The molecule has 0 saturated carbocycles. The van der Waals surface area contributed by atoms with Gasteiger partial charge in [-0.2, -0.15) is 0 Å². The van der Waals surface area contributed by atoms with Crippen LogP contribution in [0.1, 0.15) is 0 Å². The molecule has 114 valence electrons. The summed E-state index contributed by atoms with van der Waals surface area (Å²) in [4.78, 5) is 25.1. The highest BCUT2D eigenvalue weighted by Gasteiger charge is 2.30. The van der Waals surface area contributed by atoms with Crippen molar-refractivity contribution < 1.29 is 9.59 Å². The Morgan fingerprint density at radius 3 is 2.86 bits per heavy atom. The summed E-state index contributed by atoms with van der Waals surface area (Å²) in [6.45, 7) is 4.83. The van der Waals surface area contributed by atoms with E-state index >= 15 is 0 Å². The third kappa shape index (κ3) is 2.92. The summed E-state index contributed by atoms with van der Waals surface area (Å²) in [5.74, 6) is -0.136. The highest BCUT2D eigenvalue weighted by molar-refractivity contribution is 9.10. The zero-order chi connectivity index (χ0) is 15.7. The number of hydrogen-bond acceptors (Lipinski definition) is 2. The Labute approximate surface area is 136 Å². The van der Waals surface area contributed by atoms with E-state index in [0.717, 1.165) is 15.4 Å². The molecule has 5 nitrogen and oxygen atoms in total. The quantitative estimate of drug-likeness (QED) is 0.845. The molecule has 0 atom stereocenters. The Morgan fingerprint density at radius 1 is 1.36 bits per heavy atom. The Hall–Kier alpha value is -2.08. The fourth-order valence-corrected chi connectivity index (χ4v) is 2.99. The van der Waals surface area contributed by atoms with Crippen molar-refractivity contribution >= 4 is 38.6 Å². The van der Waals surface area contributed by atoms with Crippen LogP contribution in [0.5, 0.6) is 0 Å². The zero-order valence-corrected chi connectivity index (χ0v) is 13.5. The second-order valence-electron chi connectivity index (χ2n) is 5.36. The Bertz CT molecular complexity index is 747. The number of amides is 2. The highest BCUT2D eigenvalue weighted by Crippen LogP contribution is 2.20. The van der Waals surface area contributed by atoms with Gasteiger partial charge in [0.25, 0.3) is 0 Å². The molecule has 0 radical (unpaired) electrons. The average Bonchev–Trinajstić information content (AvgIpc) is 2.83. The molecule has 3 rings (SSSR count). The molecule has 1 aromatic carbocycles. The average molecular weight is 362 g/mol. The molecule has 0 aliphatic carbocycles. The lowest BCUT2D eigenvalue weighted by Gasteiger charge is -2.38. The number of benzene rings is 1. The number of nitrogens with zero attached hydrogens (tertiary/aromatic N) is 2. The summed E-state index contributed by atoms with van der Waals surface area (Å²) in [5.41, 5.74) is 1.02. The van der Waals surface area contributed by atoms with E-state index in [9.17, 15) is 9.59 Å². The van der Waals surface area contributed by atoms with Crippen LogP contribution in [-0.2, 0) is 16.1 Å². The van der Waals surface area contributed by atoms with Gasteiger partial charge in [-0.05, 0) is 30.3 Å². The first kappa shape index (κ1) is 14.8. The van der Waals surface area contributed by atoms with Crippen LogP contribution in [0.2, 0.25) is 0 Å². The molecular formula is C16H16BrN3O2. The van der Waals surface area contributed by atoms with Crippen molar-refractivity contribution in [2.75, 3.05) is 13.1 Å². The van der Waals surface area contributed by atoms with E-state index in [4.69, 9.17) is 0 Å². The lowest BCUT2D eigenvalue weighted by Crippen LogP contribution is -2.61. The van der Waals surface area contributed by atoms with Crippen LogP contribution < -0.4 is 5.32 Å². The monoisotopic (exact) mass is 361 g/mol. The lowest BCUT2D eigenvalue weighted by molar-refractivity contribution is -0.133. The molecule has 0 spiro atoms. The topological polar surface area (TPSA) is 54.3 Å². The van der Waals surface area contributed by atoms with Crippen LogP contribution in [0.25, 0.3) is 10.9 Å². The number of carbonyl (C=O) groups excluding carboxylic acids is 2. The van der Waals surface area contributed by atoms with Gasteiger partial charge >= 0.3 is 0 Å². The first-order valence-corrected chi connectivity index (χ1v) is 7.81. The van der Waals surface area contributed by atoms with Crippen molar-refractivity contribution in [1.82, 2.24) is 14.8 Å². The smallest absolute Gasteiger partial charge is 0.246 e. The Morgan fingerprint density at radius 2 is 2.14 bits per heavy atom. The van der Waals surface area contributed by atoms with Gasteiger partial charge in [0.05, 0.1) is 6.04 Å². The molecule has 0 bridgehead atoms. The molecule has 1 aliphatic heterocycles. The van der Waals surface area contributed by atoms with Gasteiger partial charge in [0.2, 0.25) is 11.8 Å². The predicted octanol–water partition coefficient (Wildman–Crippen LogP) is 1.92. The van der Waals surface area contributed by atoms with Crippen LogP contribution in [0, 0.1) is 0 Å². The van der Waals surface area contributed by atoms with Crippen molar-refractivity contribution in [3.63, 3.8) is 0 Å². The molecule has 1 fully saturated rings. The summed E-state index contributed by atoms with van der Waals surface area (Å²) in [7, 11) is 0. The van der Waals surface area contributed by atoms with E-state index in [1.165, 1.54) is 6.08 Å². The van der Waals surface area contributed by atoms with Gasteiger partial charge in [0, 0.05) is 34.7 Å². The fraction of sp³-hybridized carbons (Fsp3) is 0.250.